The number of aryl methyl sites for hydroxylation is 1. The van der Waals surface area contributed by atoms with Crippen molar-refractivity contribution >= 4 is 16.6 Å². The molecule has 0 bridgehead atoms. The predicted molar refractivity (Wildman–Crippen MR) is 76.1 cm³/mol. The molecule has 1 unspecified atom stereocenters. The summed E-state index contributed by atoms with van der Waals surface area (Å²) in [5, 5.41) is 0. The second-order valence-corrected chi connectivity index (χ2v) is 5.76. The van der Waals surface area contributed by atoms with Crippen LogP contribution >= 0.6 is 0 Å². The highest BCUT2D eigenvalue weighted by Gasteiger charge is 2.07. The van der Waals surface area contributed by atoms with E-state index in [4.69, 9.17) is 0 Å². The van der Waals surface area contributed by atoms with Crippen molar-refractivity contribution in [3.63, 3.8) is 0 Å². The Labute approximate surface area is 112 Å². The molecular weight excluding hydrogens is 244 g/mol. The van der Waals surface area contributed by atoms with E-state index >= 15 is 0 Å². The summed E-state index contributed by atoms with van der Waals surface area (Å²) in [6.07, 6.45) is 6.55. The van der Waals surface area contributed by atoms with Gasteiger partial charge in [0.25, 0.3) is 0 Å². The van der Waals surface area contributed by atoms with Crippen LogP contribution in [0.5, 0.6) is 0 Å². The van der Waals surface area contributed by atoms with E-state index in [1.54, 1.807) is 6.08 Å². The fourth-order valence-corrected chi connectivity index (χ4v) is 2.45. The fraction of sp³-hybridized carbons (Fsp3) is 0.400. The van der Waals surface area contributed by atoms with Crippen LogP contribution in [0.4, 0.5) is 0 Å². The third-order valence-electron chi connectivity index (χ3n) is 2.59. The van der Waals surface area contributed by atoms with Gasteiger partial charge in [0.2, 0.25) is 0 Å². The lowest BCUT2D eigenvalue weighted by atomic mass is 10.2. The molecule has 0 saturated heterocycles. The minimum atomic E-state index is -1.23. The molecule has 1 rings (SSSR count). The fourth-order valence-electron chi connectivity index (χ4n) is 1.49. The van der Waals surface area contributed by atoms with Gasteiger partial charge in [0, 0.05) is 4.90 Å². The van der Waals surface area contributed by atoms with Crippen molar-refractivity contribution in [1.82, 2.24) is 0 Å². The van der Waals surface area contributed by atoms with Crippen LogP contribution in [0.2, 0.25) is 0 Å². The van der Waals surface area contributed by atoms with E-state index in [2.05, 4.69) is 6.92 Å². The quantitative estimate of drug-likeness (QED) is 0.558. The number of rotatable bonds is 7. The average molecular weight is 264 g/mol. The van der Waals surface area contributed by atoms with Gasteiger partial charge in [0.15, 0.2) is 5.78 Å². The number of hydrogen-bond donors (Lipinski definition) is 0. The zero-order valence-corrected chi connectivity index (χ0v) is 11.8. The number of carbonyl (C=O) groups is 1. The Morgan fingerprint density at radius 2 is 1.94 bits per heavy atom. The molecule has 0 fully saturated rings. The van der Waals surface area contributed by atoms with Gasteiger partial charge in [0.05, 0.1) is 16.6 Å². The van der Waals surface area contributed by atoms with Crippen molar-refractivity contribution in [3.05, 3.63) is 42.0 Å². The van der Waals surface area contributed by atoms with E-state index in [1.165, 1.54) is 0 Å². The molecule has 0 aromatic heterocycles. The molecule has 3 heteroatoms. The lowest BCUT2D eigenvalue weighted by Crippen LogP contribution is -2.07. The molecule has 0 aliphatic rings. The highest BCUT2D eigenvalue weighted by atomic mass is 32.2. The Bertz CT molecular complexity index is 432. The van der Waals surface area contributed by atoms with Gasteiger partial charge >= 0.3 is 0 Å². The molecule has 0 heterocycles. The van der Waals surface area contributed by atoms with Crippen molar-refractivity contribution in [2.45, 2.75) is 38.0 Å². The van der Waals surface area contributed by atoms with E-state index < -0.39 is 10.8 Å². The topological polar surface area (TPSA) is 34.1 Å². The highest BCUT2D eigenvalue weighted by molar-refractivity contribution is 7.85. The second-order valence-electron chi connectivity index (χ2n) is 4.31. The lowest BCUT2D eigenvalue weighted by molar-refractivity contribution is -0.112. The molecule has 0 aliphatic carbocycles. The zero-order chi connectivity index (χ0) is 13.4. The molecule has 98 valence electrons. The van der Waals surface area contributed by atoms with E-state index in [0.717, 1.165) is 29.7 Å². The maximum absolute atomic E-state index is 11.9. The number of unbranched alkanes of at least 4 members (excludes halogenated alkanes) is 2. The van der Waals surface area contributed by atoms with Crippen LogP contribution in [-0.2, 0) is 15.6 Å². The Morgan fingerprint density at radius 3 is 2.56 bits per heavy atom. The van der Waals surface area contributed by atoms with Crippen LogP contribution in [0, 0.1) is 6.92 Å². The Balaban J connectivity index is 2.47. The van der Waals surface area contributed by atoms with Gasteiger partial charge in [-0.05, 0) is 31.6 Å². The summed E-state index contributed by atoms with van der Waals surface area (Å²) in [7, 11) is -1.23. The molecule has 0 spiro atoms. The Kier molecular flexibility index (Phi) is 6.58. The zero-order valence-electron chi connectivity index (χ0n) is 11.0. The first-order chi connectivity index (χ1) is 8.63. The van der Waals surface area contributed by atoms with Gasteiger partial charge < -0.3 is 0 Å². The first-order valence-corrected chi connectivity index (χ1v) is 7.59. The summed E-state index contributed by atoms with van der Waals surface area (Å²) in [5.74, 6) is 0.0103. The summed E-state index contributed by atoms with van der Waals surface area (Å²) in [6.45, 7) is 4.09. The van der Waals surface area contributed by atoms with Gasteiger partial charge in [-0.3, -0.25) is 9.00 Å². The number of allylic oxidation sites excluding steroid dienone is 2. The summed E-state index contributed by atoms with van der Waals surface area (Å²) >= 11 is 0. The van der Waals surface area contributed by atoms with Gasteiger partial charge in [-0.2, -0.15) is 0 Å². The molecule has 0 N–H and O–H groups in total. The van der Waals surface area contributed by atoms with Gasteiger partial charge in [-0.15, -0.1) is 0 Å². The van der Waals surface area contributed by atoms with Crippen LogP contribution in [0.25, 0.3) is 0 Å². The molecule has 0 saturated carbocycles. The van der Waals surface area contributed by atoms with Crippen LogP contribution in [0.3, 0.4) is 0 Å². The van der Waals surface area contributed by atoms with Gasteiger partial charge in [0.1, 0.15) is 0 Å². The summed E-state index contributed by atoms with van der Waals surface area (Å²) in [6, 6.07) is 7.46. The van der Waals surface area contributed by atoms with Crippen molar-refractivity contribution in [1.29, 1.82) is 0 Å². The van der Waals surface area contributed by atoms with Crippen LogP contribution in [0.1, 0.15) is 31.7 Å². The standard InChI is InChI=1S/C15H20O2S/c1-3-4-5-6-7-14(16)12-18(17)15-10-8-13(2)9-11-15/h6-11H,3-5,12H2,1-2H3/b7-6+. The van der Waals surface area contributed by atoms with E-state index in [0.29, 0.717) is 0 Å². The number of benzene rings is 1. The highest BCUT2D eigenvalue weighted by Crippen LogP contribution is 2.08. The first-order valence-electron chi connectivity index (χ1n) is 6.28. The largest absolute Gasteiger partial charge is 0.294 e. The maximum atomic E-state index is 11.9. The summed E-state index contributed by atoms with van der Waals surface area (Å²) < 4.78 is 11.9. The summed E-state index contributed by atoms with van der Waals surface area (Å²) in [5.41, 5.74) is 1.13. The SMILES string of the molecule is CCCC/C=C/C(=O)CS(=O)c1ccc(C)cc1. The molecule has 18 heavy (non-hydrogen) atoms. The Hall–Kier alpha value is -1.22. The van der Waals surface area contributed by atoms with E-state index in [9.17, 15) is 9.00 Å². The summed E-state index contributed by atoms with van der Waals surface area (Å²) in [4.78, 5) is 12.3. The Morgan fingerprint density at radius 1 is 1.28 bits per heavy atom. The van der Waals surface area contributed by atoms with Crippen molar-refractivity contribution in [2.75, 3.05) is 5.75 Å². The van der Waals surface area contributed by atoms with Crippen molar-refractivity contribution < 1.29 is 9.00 Å². The molecule has 1 aromatic rings. The van der Waals surface area contributed by atoms with Crippen molar-refractivity contribution in [3.8, 4) is 0 Å². The molecule has 0 aliphatic heterocycles. The molecular formula is C15H20O2S. The molecule has 0 radical (unpaired) electrons. The smallest absolute Gasteiger partial charge is 0.168 e. The first kappa shape index (κ1) is 14.8. The molecule has 2 nitrogen and oxygen atoms in total. The number of ketones is 1. The maximum Gasteiger partial charge on any atom is 0.168 e. The minimum absolute atomic E-state index is 0.0648. The normalized spacial score (nSPS) is 12.8. The van der Waals surface area contributed by atoms with Crippen molar-refractivity contribution in [2.24, 2.45) is 0 Å². The van der Waals surface area contributed by atoms with Crippen LogP contribution in [0.15, 0.2) is 41.3 Å². The van der Waals surface area contributed by atoms with E-state index in [1.807, 2.05) is 37.3 Å². The average Bonchev–Trinajstić information content (AvgIpc) is 2.35. The minimum Gasteiger partial charge on any atom is -0.294 e. The molecule has 0 amide bonds. The second kappa shape index (κ2) is 7.98. The van der Waals surface area contributed by atoms with Crippen LogP contribution < -0.4 is 0 Å². The predicted octanol–water partition coefficient (Wildman–Crippen LogP) is 3.42. The molecule has 1 aromatic carbocycles. The lowest BCUT2D eigenvalue weighted by Gasteiger charge is -2.00. The van der Waals surface area contributed by atoms with Gasteiger partial charge in [-0.1, -0.05) is 43.5 Å². The van der Waals surface area contributed by atoms with Gasteiger partial charge in [-0.25, -0.2) is 0 Å². The van der Waals surface area contributed by atoms with Crippen LogP contribution in [-0.4, -0.2) is 15.7 Å². The third kappa shape index (κ3) is 5.41. The number of carbonyl (C=O) groups excluding carboxylic acids is 1. The molecule has 1 atom stereocenters. The number of hydrogen-bond acceptors (Lipinski definition) is 2. The third-order valence-corrected chi connectivity index (χ3v) is 3.93. The monoisotopic (exact) mass is 264 g/mol. The van der Waals surface area contributed by atoms with E-state index in [-0.39, 0.29) is 11.5 Å².